The van der Waals surface area contributed by atoms with Crippen LogP contribution in [0, 0.1) is 11.8 Å². The highest BCUT2D eigenvalue weighted by Gasteiger charge is 2.26. The minimum Gasteiger partial charge on any atom is -0.493 e. The summed E-state index contributed by atoms with van der Waals surface area (Å²) in [6, 6.07) is 5.49. The first-order chi connectivity index (χ1) is 8.56. The summed E-state index contributed by atoms with van der Waals surface area (Å²) < 4.78 is 10.6. The van der Waals surface area contributed by atoms with E-state index in [4.69, 9.17) is 15.2 Å². The SMILES string of the molecule is COc1cccc(C(O)C(CN)C(C)C)c1OC. The Kier molecular flexibility index (Phi) is 5.44. The van der Waals surface area contributed by atoms with E-state index in [-0.39, 0.29) is 5.92 Å². The summed E-state index contributed by atoms with van der Waals surface area (Å²) in [5, 5.41) is 10.5. The number of hydrogen-bond acceptors (Lipinski definition) is 4. The van der Waals surface area contributed by atoms with Gasteiger partial charge >= 0.3 is 0 Å². The molecule has 0 bridgehead atoms. The lowest BCUT2D eigenvalue weighted by molar-refractivity contribution is 0.0832. The molecule has 4 nitrogen and oxygen atoms in total. The van der Waals surface area contributed by atoms with Gasteiger partial charge in [0, 0.05) is 11.5 Å². The Balaban J connectivity index is 3.15. The number of aliphatic hydroxyl groups is 1. The van der Waals surface area contributed by atoms with Crippen LogP contribution in [-0.4, -0.2) is 25.9 Å². The van der Waals surface area contributed by atoms with Crippen molar-refractivity contribution < 1.29 is 14.6 Å². The molecule has 0 spiro atoms. The summed E-state index contributed by atoms with van der Waals surface area (Å²) in [6.07, 6.45) is -0.653. The second-order valence-electron chi connectivity index (χ2n) is 4.67. The Morgan fingerprint density at radius 3 is 2.33 bits per heavy atom. The van der Waals surface area contributed by atoms with Gasteiger partial charge in [0.2, 0.25) is 0 Å². The smallest absolute Gasteiger partial charge is 0.166 e. The van der Waals surface area contributed by atoms with Crippen molar-refractivity contribution in [2.45, 2.75) is 20.0 Å². The monoisotopic (exact) mass is 253 g/mol. The molecule has 4 heteroatoms. The molecule has 0 radical (unpaired) electrons. The molecule has 0 saturated heterocycles. The zero-order valence-electron chi connectivity index (χ0n) is 11.5. The van der Waals surface area contributed by atoms with Gasteiger partial charge in [-0.3, -0.25) is 0 Å². The van der Waals surface area contributed by atoms with Crippen LogP contribution in [0.25, 0.3) is 0 Å². The van der Waals surface area contributed by atoms with E-state index in [2.05, 4.69) is 0 Å². The van der Waals surface area contributed by atoms with Crippen LogP contribution in [0.1, 0.15) is 25.5 Å². The first-order valence-electron chi connectivity index (χ1n) is 6.15. The fraction of sp³-hybridized carbons (Fsp3) is 0.571. The highest BCUT2D eigenvalue weighted by molar-refractivity contribution is 5.47. The average molecular weight is 253 g/mol. The van der Waals surface area contributed by atoms with Gasteiger partial charge in [-0.2, -0.15) is 0 Å². The summed E-state index contributed by atoms with van der Waals surface area (Å²) in [5.41, 5.74) is 6.47. The van der Waals surface area contributed by atoms with Gasteiger partial charge in [-0.25, -0.2) is 0 Å². The van der Waals surface area contributed by atoms with Gasteiger partial charge in [-0.1, -0.05) is 26.0 Å². The average Bonchev–Trinajstić information content (AvgIpc) is 2.37. The van der Waals surface area contributed by atoms with Crippen LogP contribution in [0.3, 0.4) is 0 Å². The second kappa shape index (κ2) is 6.61. The molecule has 1 rings (SSSR count). The zero-order chi connectivity index (χ0) is 13.7. The lowest BCUT2D eigenvalue weighted by Crippen LogP contribution is -2.27. The third-order valence-electron chi connectivity index (χ3n) is 3.29. The molecule has 0 aliphatic rings. The van der Waals surface area contributed by atoms with Gasteiger partial charge in [0.15, 0.2) is 11.5 Å². The molecule has 3 N–H and O–H groups in total. The number of methoxy groups -OCH3 is 2. The van der Waals surface area contributed by atoms with E-state index in [1.54, 1.807) is 14.2 Å². The largest absolute Gasteiger partial charge is 0.493 e. The molecule has 2 unspecified atom stereocenters. The maximum absolute atomic E-state index is 10.5. The Labute approximate surface area is 109 Å². The fourth-order valence-corrected chi connectivity index (χ4v) is 2.14. The molecule has 102 valence electrons. The molecule has 0 fully saturated rings. The van der Waals surface area contributed by atoms with E-state index in [0.717, 1.165) is 5.56 Å². The third-order valence-corrected chi connectivity index (χ3v) is 3.29. The molecule has 0 amide bonds. The molecular weight excluding hydrogens is 230 g/mol. The van der Waals surface area contributed by atoms with E-state index in [1.807, 2.05) is 32.0 Å². The summed E-state index contributed by atoms with van der Waals surface area (Å²) in [6.45, 7) is 4.53. The minimum atomic E-state index is -0.653. The quantitative estimate of drug-likeness (QED) is 0.813. The third kappa shape index (κ3) is 2.94. The van der Waals surface area contributed by atoms with E-state index < -0.39 is 6.10 Å². The van der Waals surface area contributed by atoms with Crippen molar-refractivity contribution in [3.63, 3.8) is 0 Å². The predicted octanol–water partition coefficient (Wildman–Crippen LogP) is 1.97. The lowest BCUT2D eigenvalue weighted by atomic mass is 9.86. The molecule has 18 heavy (non-hydrogen) atoms. The van der Waals surface area contributed by atoms with Gasteiger partial charge in [0.1, 0.15) is 0 Å². The Morgan fingerprint density at radius 2 is 1.89 bits per heavy atom. The summed E-state index contributed by atoms with van der Waals surface area (Å²) >= 11 is 0. The summed E-state index contributed by atoms with van der Waals surface area (Å²) in [7, 11) is 3.15. The van der Waals surface area contributed by atoms with Crippen molar-refractivity contribution in [2.75, 3.05) is 20.8 Å². The van der Waals surface area contributed by atoms with Crippen LogP contribution in [0.4, 0.5) is 0 Å². The number of ether oxygens (including phenoxy) is 2. The number of benzene rings is 1. The van der Waals surface area contributed by atoms with Crippen LogP contribution < -0.4 is 15.2 Å². The Bertz CT molecular complexity index is 379. The molecular formula is C14H23NO3. The number of rotatable bonds is 6. The first-order valence-corrected chi connectivity index (χ1v) is 6.15. The molecule has 1 aromatic rings. The summed E-state index contributed by atoms with van der Waals surface area (Å²) in [4.78, 5) is 0. The number of nitrogens with two attached hydrogens (primary N) is 1. The number of hydrogen-bond donors (Lipinski definition) is 2. The molecule has 1 aromatic carbocycles. The van der Waals surface area contributed by atoms with Gasteiger partial charge < -0.3 is 20.3 Å². The normalized spacial score (nSPS) is 14.4. The van der Waals surface area contributed by atoms with Gasteiger partial charge in [-0.15, -0.1) is 0 Å². The van der Waals surface area contributed by atoms with Crippen LogP contribution in [0.15, 0.2) is 18.2 Å². The van der Waals surface area contributed by atoms with Crippen molar-refractivity contribution >= 4 is 0 Å². The van der Waals surface area contributed by atoms with Crippen molar-refractivity contribution in [1.82, 2.24) is 0 Å². The van der Waals surface area contributed by atoms with Crippen LogP contribution in [0.5, 0.6) is 11.5 Å². The molecule has 0 aliphatic heterocycles. The lowest BCUT2D eigenvalue weighted by Gasteiger charge is -2.26. The Morgan fingerprint density at radius 1 is 1.22 bits per heavy atom. The van der Waals surface area contributed by atoms with Crippen molar-refractivity contribution in [3.8, 4) is 11.5 Å². The predicted molar refractivity (Wildman–Crippen MR) is 71.9 cm³/mol. The van der Waals surface area contributed by atoms with Crippen molar-refractivity contribution in [2.24, 2.45) is 17.6 Å². The van der Waals surface area contributed by atoms with E-state index >= 15 is 0 Å². The van der Waals surface area contributed by atoms with Gasteiger partial charge in [0.25, 0.3) is 0 Å². The fourth-order valence-electron chi connectivity index (χ4n) is 2.14. The second-order valence-corrected chi connectivity index (χ2v) is 4.67. The van der Waals surface area contributed by atoms with Crippen LogP contribution in [-0.2, 0) is 0 Å². The van der Waals surface area contributed by atoms with E-state index in [1.165, 1.54) is 0 Å². The Hall–Kier alpha value is -1.26. The highest BCUT2D eigenvalue weighted by Crippen LogP contribution is 2.38. The molecule has 0 aromatic heterocycles. The molecule has 0 saturated carbocycles. The van der Waals surface area contributed by atoms with Crippen molar-refractivity contribution in [3.05, 3.63) is 23.8 Å². The van der Waals surface area contributed by atoms with Gasteiger partial charge in [-0.05, 0) is 18.5 Å². The maximum Gasteiger partial charge on any atom is 0.166 e. The van der Waals surface area contributed by atoms with E-state index in [0.29, 0.717) is 24.0 Å². The van der Waals surface area contributed by atoms with E-state index in [9.17, 15) is 5.11 Å². The molecule has 0 heterocycles. The number of aliphatic hydroxyl groups excluding tert-OH is 1. The van der Waals surface area contributed by atoms with Gasteiger partial charge in [0.05, 0.1) is 20.3 Å². The van der Waals surface area contributed by atoms with Crippen molar-refractivity contribution in [1.29, 1.82) is 0 Å². The maximum atomic E-state index is 10.5. The minimum absolute atomic E-state index is 0.00833. The number of para-hydroxylation sites is 1. The summed E-state index contributed by atoms with van der Waals surface area (Å²) in [5.74, 6) is 1.48. The topological polar surface area (TPSA) is 64.7 Å². The van der Waals surface area contributed by atoms with Crippen LogP contribution >= 0.6 is 0 Å². The first kappa shape index (κ1) is 14.8. The highest BCUT2D eigenvalue weighted by atomic mass is 16.5. The zero-order valence-corrected chi connectivity index (χ0v) is 11.5. The molecule has 2 atom stereocenters. The van der Waals surface area contributed by atoms with Crippen LogP contribution in [0.2, 0.25) is 0 Å². The standard InChI is InChI=1S/C14H23NO3/c1-9(2)11(8-15)13(16)10-6-5-7-12(17-3)14(10)18-4/h5-7,9,11,13,16H,8,15H2,1-4H3. The molecule has 0 aliphatic carbocycles.